The Morgan fingerprint density at radius 2 is 2.19 bits per heavy atom. The second kappa shape index (κ2) is 8.10. The summed E-state index contributed by atoms with van der Waals surface area (Å²) in [6.45, 7) is 13.7. The SMILES string of the molecule is C=CC(=O)CC=C(C)c1ccnn1COCC[Si](C)(C)C. The van der Waals surface area contributed by atoms with E-state index in [0.29, 0.717) is 13.2 Å². The van der Waals surface area contributed by atoms with E-state index in [9.17, 15) is 4.79 Å². The van der Waals surface area contributed by atoms with Crippen molar-refractivity contribution in [3.8, 4) is 0 Å². The van der Waals surface area contributed by atoms with Gasteiger partial charge in [0.1, 0.15) is 6.73 Å². The second-order valence-corrected chi connectivity index (χ2v) is 11.9. The van der Waals surface area contributed by atoms with Gasteiger partial charge < -0.3 is 4.74 Å². The monoisotopic (exact) mass is 306 g/mol. The number of aromatic nitrogens is 2. The summed E-state index contributed by atoms with van der Waals surface area (Å²) in [5, 5.41) is 4.28. The molecule has 0 spiro atoms. The van der Waals surface area contributed by atoms with Crippen LogP contribution in [0.15, 0.2) is 31.0 Å². The number of carbonyl (C=O) groups is 1. The third-order valence-electron chi connectivity index (χ3n) is 3.17. The quantitative estimate of drug-likeness (QED) is 0.396. The van der Waals surface area contributed by atoms with Crippen LogP contribution >= 0.6 is 0 Å². The molecule has 0 aliphatic heterocycles. The van der Waals surface area contributed by atoms with E-state index in [1.165, 1.54) is 6.08 Å². The fourth-order valence-electron chi connectivity index (χ4n) is 1.74. The minimum absolute atomic E-state index is 0.0202. The average molecular weight is 306 g/mol. The van der Waals surface area contributed by atoms with Gasteiger partial charge in [-0.25, -0.2) is 4.68 Å². The van der Waals surface area contributed by atoms with Crippen molar-refractivity contribution in [3.05, 3.63) is 36.7 Å². The Balaban J connectivity index is 2.56. The Kier molecular flexibility index (Phi) is 6.78. The molecule has 1 rings (SSSR count). The normalized spacial score (nSPS) is 12.5. The molecule has 0 atom stereocenters. The number of nitrogens with zero attached hydrogens (tertiary/aromatic N) is 2. The van der Waals surface area contributed by atoms with Gasteiger partial charge in [-0.05, 0) is 30.7 Å². The van der Waals surface area contributed by atoms with Crippen LogP contribution in [0.1, 0.15) is 19.0 Å². The van der Waals surface area contributed by atoms with E-state index >= 15 is 0 Å². The third kappa shape index (κ3) is 6.69. The second-order valence-electron chi connectivity index (χ2n) is 6.33. The molecule has 0 aromatic carbocycles. The summed E-state index contributed by atoms with van der Waals surface area (Å²) in [4.78, 5) is 11.3. The molecule has 0 unspecified atom stereocenters. The molecule has 0 fully saturated rings. The Morgan fingerprint density at radius 1 is 1.48 bits per heavy atom. The fraction of sp³-hybridized carbons (Fsp3) is 0.500. The number of ether oxygens (including phenoxy) is 1. The molecular formula is C16H26N2O2Si. The molecule has 0 bridgehead atoms. The highest BCUT2D eigenvalue weighted by atomic mass is 28.3. The van der Waals surface area contributed by atoms with Crippen LogP contribution in [-0.2, 0) is 16.3 Å². The number of ketones is 1. The third-order valence-corrected chi connectivity index (χ3v) is 4.87. The van der Waals surface area contributed by atoms with E-state index in [1.54, 1.807) is 6.20 Å². The molecular weight excluding hydrogens is 280 g/mol. The topological polar surface area (TPSA) is 44.1 Å². The summed E-state index contributed by atoms with van der Waals surface area (Å²) < 4.78 is 7.54. The summed E-state index contributed by atoms with van der Waals surface area (Å²) in [5.41, 5.74) is 2.01. The van der Waals surface area contributed by atoms with Crippen LogP contribution in [0.2, 0.25) is 25.7 Å². The zero-order valence-corrected chi connectivity index (χ0v) is 14.6. The lowest BCUT2D eigenvalue weighted by Gasteiger charge is -2.16. The lowest BCUT2D eigenvalue weighted by atomic mass is 10.1. The molecule has 116 valence electrons. The molecule has 0 aliphatic carbocycles. The molecule has 0 radical (unpaired) electrons. The van der Waals surface area contributed by atoms with Gasteiger partial charge in [0.2, 0.25) is 0 Å². The lowest BCUT2D eigenvalue weighted by Crippen LogP contribution is -2.22. The maximum atomic E-state index is 11.3. The van der Waals surface area contributed by atoms with Crippen LogP contribution in [0.25, 0.3) is 5.57 Å². The Morgan fingerprint density at radius 3 is 2.81 bits per heavy atom. The van der Waals surface area contributed by atoms with Crippen molar-refractivity contribution in [3.63, 3.8) is 0 Å². The van der Waals surface area contributed by atoms with E-state index in [2.05, 4.69) is 31.3 Å². The number of hydrogen-bond acceptors (Lipinski definition) is 3. The molecule has 0 saturated heterocycles. The standard InChI is InChI=1S/C16H26N2O2Si/c1-6-15(19)8-7-14(2)16-9-10-17-18(16)13-20-11-12-21(3,4)5/h6-7,9-10H,1,8,11-13H2,2-5H3. The number of carbonyl (C=O) groups excluding carboxylic acids is 1. The first-order valence-electron chi connectivity index (χ1n) is 7.25. The number of rotatable bonds is 9. The Hall–Kier alpha value is -1.46. The van der Waals surface area contributed by atoms with Crippen molar-refractivity contribution in [2.45, 2.75) is 45.8 Å². The van der Waals surface area contributed by atoms with Crippen molar-refractivity contribution < 1.29 is 9.53 Å². The lowest BCUT2D eigenvalue weighted by molar-refractivity contribution is -0.113. The maximum Gasteiger partial charge on any atom is 0.158 e. The van der Waals surface area contributed by atoms with Crippen LogP contribution in [0.3, 0.4) is 0 Å². The molecule has 21 heavy (non-hydrogen) atoms. The minimum atomic E-state index is -1.06. The van der Waals surface area contributed by atoms with Gasteiger partial charge in [0.25, 0.3) is 0 Å². The summed E-state index contributed by atoms with van der Waals surface area (Å²) in [5.74, 6) is 0.0202. The average Bonchev–Trinajstić information content (AvgIpc) is 2.88. The first-order chi connectivity index (χ1) is 9.83. The first kappa shape index (κ1) is 17.6. The molecule has 0 saturated carbocycles. The van der Waals surface area contributed by atoms with E-state index < -0.39 is 8.07 Å². The predicted octanol–water partition coefficient (Wildman–Crippen LogP) is 3.74. The molecule has 4 nitrogen and oxygen atoms in total. The van der Waals surface area contributed by atoms with Crippen LogP contribution in [0, 0.1) is 0 Å². The summed E-state index contributed by atoms with van der Waals surface area (Å²) in [6.07, 6.45) is 5.38. The molecule has 0 N–H and O–H groups in total. The molecule has 1 aromatic heterocycles. The van der Waals surface area contributed by atoms with Gasteiger partial charge in [0.15, 0.2) is 5.78 Å². The minimum Gasteiger partial charge on any atom is -0.360 e. The van der Waals surface area contributed by atoms with E-state index in [1.807, 2.05) is 23.7 Å². The number of allylic oxidation sites excluding steroid dienone is 3. The van der Waals surface area contributed by atoms with Crippen molar-refractivity contribution in [2.24, 2.45) is 0 Å². The van der Waals surface area contributed by atoms with Crippen molar-refractivity contribution in [2.75, 3.05) is 6.61 Å². The van der Waals surface area contributed by atoms with E-state index in [0.717, 1.165) is 23.9 Å². The summed E-state index contributed by atoms with van der Waals surface area (Å²) in [6, 6.07) is 3.08. The summed E-state index contributed by atoms with van der Waals surface area (Å²) in [7, 11) is -1.06. The predicted molar refractivity (Wildman–Crippen MR) is 89.8 cm³/mol. The van der Waals surface area contributed by atoms with Gasteiger partial charge in [0, 0.05) is 27.3 Å². The van der Waals surface area contributed by atoms with Crippen LogP contribution in [0.5, 0.6) is 0 Å². The molecule has 0 amide bonds. The fourth-order valence-corrected chi connectivity index (χ4v) is 2.50. The van der Waals surface area contributed by atoms with Gasteiger partial charge in [-0.1, -0.05) is 32.3 Å². The largest absolute Gasteiger partial charge is 0.360 e. The smallest absolute Gasteiger partial charge is 0.158 e. The van der Waals surface area contributed by atoms with Gasteiger partial charge >= 0.3 is 0 Å². The zero-order chi connectivity index (χ0) is 15.9. The highest BCUT2D eigenvalue weighted by Crippen LogP contribution is 2.15. The van der Waals surface area contributed by atoms with E-state index in [4.69, 9.17) is 4.74 Å². The Bertz CT molecular complexity index is 513. The number of hydrogen-bond donors (Lipinski definition) is 0. The van der Waals surface area contributed by atoms with E-state index in [-0.39, 0.29) is 5.78 Å². The van der Waals surface area contributed by atoms with Gasteiger partial charge in [-0.15, -0.1) is 0 Å². The highest BCUT2D eigenvalue weighted by Gasteiger charge is 2.12. The summed E-state index contributed by atoms with van der Waals surface area (Å²) >= 11 is 0. The molecule has 0 aliphatic rings. The van der Waals surface area contributed by atoms with Gasteiger partial charge in [0.05, 0.1) is 5.69 Å². The van der Waals surface area contributed by atoms with Gasteiger partial charge in [-0.3, -0.25) is 4.79 Å². The van der Waals surface area contributed by atoms with Crippen LogP contribution < -0.4 is 0 Å². The zero-order valence-electron chi connectivity index (χ0n) is 13.6. The molecule has 1 aromatic rings. The van der Waals surface area contributed by atoms with Crippen LogP contribution in [-0.4, -0.2) is 30.2 Å². The first-order valence-corrected chi connectivity index (χ1v) is 11.0. The van der Waals surface area contributed by atoms with Crippen molar-refractivity contribution >= 4 is 19.4 Å². The van der Waals surface area contributed by atoms with Crippen LogP contribution in [0.4, 0.5) is 0 Å². The van der Waals surface area contributed by atoms with Gasteiger partial charge in [-0.2, -0.15) is 5.10 Å². The van der Waals surface area contributed by atoms with Crippen molar-refractivity contribution in [1.82, 2.24) is 9.78 Å². The highest BCUT2D eigenvalue weighted by molar-refractivity contribution is 6.76. The Labute approximate surface area is 128 Å². The van der Waals surface area contributed by atoms with Crippen molar-refractivity contribution in [1.29, 1.82) is 0 Å². The molecule has 5 heteroatoms. The molecule has 1 heterocycles. The maximum absolute atomic E-state index is 11.3.